The molecule has 1 aromatic rings. The molecule has 0 heterocycles. The van der Waals surface area contributed by atoms with Crippen molar-refractivity contribution >= 4 is 19.7 Å². The van der Waals surface area contributed by atoms with Gasteiger partial charge in [-0.2, -0.15) is 13.2 Å². The van der Waals surface area contributed by atoms with Gasteiger partial charge in [-0.25, -0.2) is 8.78 Å². The molecular formula is C22H34F5NO2SSi. The standard InChI is InChI=1S/C22H34F5NO2SSi/c1-20(2,3)31(29)28-19(13-9-14(10-13)30-32(7,8)21(4,5)6)15-11-18(24)16(12-17(15)23)22(25,26)27/h11-14,19,28H,9-10H2,1-8H3/t13-,14+,19-,31+/m1/s1. The van der Waals surface area contributed by atoms with Crippen molar-refractivity contribution < 1.29 is 30.9 Å². The third-order valence-corrected chi connectivity index (χ3v) is 12.5. The first-order chi connectivity index (χ1) is 14.2. The van der Waals surface area contributed by atoms with Gasteiger partial charge in [0.05, 0.1) is 11.6 Å². The number of alkyl halides is 3. The Kier molecular flexibility index (Phi) is 7.89. The van der Waals surface area contributed by atoms with E-state index < -0.39 is 53.8 Å². The second kappa shape index (κ2) is 9.17. The average molecular weight is 500 g/mol. The summed E-state index contributed by atoms with van der Waals surface area (Å²) in [6.07, 6.45) is -4.03. The predicted octanol–water partition coefficient (Wildman–Crippen LogP) is 6.88. The topological polar surface area (TPSA) is 44.3 Å². The maximum atomic E-state index is 14.8. The van der Waals surface area contributed by atoms with Crippen molar-refractivity contribution in [2.45, 2.75) is 95.6 Å². The van der Waals surface area contributed by atoms with E-state index in [0.717, 1.165) is 0 Å². The molecule has 0 aromatic heterocycles. The van der Waals surface area contributed by atoms with E-state index in [1.165, 1.54) is 0 Å². The van der Waals surface area contributed by atoms with Crippen molar-refractivity contribution in [1.82, 2.24) is 4.72 Å². The van der Waals surface area contributed by atoms with Gasteiger partial charge >= 0.3 is 6.18 Å². The summed E-state index contributed by atoms with van der Waals surface area (Å²) in [6, 6.07) is -0.134. The Labute approximate surface area is 191 Å². The number of halogens is 5. The van der Waals surface area contributed by atoms with Crippen LogP contribution in [-0.2, 0) is 22.0 Å². The van der Waals surface area contributed by atoms with Gasteiger partial charge in [0.15, 0.2) is 8.32 Å². The summed E-state index contributed by atoms with van der Waals surface area (Å²) in [5.41, 5.74) is -1.90. The van der Waals surface area contributed by atoms with Crippen molar-refractivity contribution in [1.29, 1.82) is 0 Å². The summed E-state index contributed by atoms with van der Waals surface area (Å²) >= 11 is -1.63. The number of rotatable bonds is 6. The van der Waals surface area contributed by atoms with Crippen LogP contribution in [0.5, 0.6) is 0 Å². The molecule has 2 atom stereocenters. The Morgan fingerprint density at radius 3 is 2.00 bits per heavy atom. The first-order valence-electron chi connectivity index (χ1n) is 10.7. The molecule has 0 amide bonds. The maximum Gasteiger partial charge on any atom is 0.419 e. The fraction of sp³-hybridized carbons (Fsp3) is 0.727. The molecule has 3 nitrogen and oxygen atoms in total. The molecule has 0 bridgehead atoms. The second-order valence-corrected chi connectivity index (χ2v) is 17.8. The molecule has 1 fully saturated rings. The number of hydrogen-bond donors (Lipinski definition) is 1. The zero-order valence-corrected chi connectivity index (χ0v) is 21.7. The Balaban J connectivity index is 2.31. The lowest BCUT2D eigenvalue weighted by Gasteiger charge is -2.47. The van der Waals surface area contributed by atoms with Crippen molar-refractivity contribution in [2.24, 2.45) is 5.92 Å². The predicted molar refractivity (Wildman–Crippen MR) is 120 cm³/mol. The van der Waals surface area contributed by atoms with Crippen LogP contribution >= 0.6 is 0 Å². The average Bonchev–Trinajstić information content (AvgIpc) is 2.54. The minimum Gasteiger partial charge on any atom is -0.598 e. The third kappa shape index (κ3) is 6.25. The first-order valence-corrected chi connectivity index (χ1v) is 14.7. The van der Waals surface area contributed by atoms with Crippen LogP contribution in [0.2, 0.25) is 18.1 Å². The molecule has 0 spiro atoms. The summed E-state index contributed by atoms with van der Waals surface area (Å²) in [7, 11) is -2.03. The lowest BCUT2D eigenvalue weighted by molar-refractivity contribution is -0.140. The summed E-state index contributed by atoms with van der Waals surface area (Å²) in [5, 5.41) is 0.00608. The number of hydrogen-bond acceptors (Lipinski definition) is 3. The van der Waals surface area contributed by atoms with Gasteiger partial charge in [-0.05, 0) is 69.8 Å². The molecule has 0 saturated heterocycles. The first kappa shape index (κ1) is 27.6. The maximum absolute atomic E-state index is 14.8. The Hall–Kier alpha value is -0.683. The molecule has 1 aromatic carbocycles. The number of benzene rings is 1. The third-order valence-electron chi connectivity index (χ3n) is 6.39. The van der Waals surface area contributed by atoms with Crippen LogP contribution < -0.4 is 4.72 Å². The fourth-order valence-corrected chi connectivity index (χ4v) is 5.57. The summed E-state index contributed by atoms with van der Waals surface area (Å²) in [4.78, 5) is 0. The highest BCUT2D eigenvalue weighted by Gasteiger charge is 2.46. The van der Waals surface area contributed by atoms with Gasteiger partial charge in [0.1, 0.15) is 16.4 Å². The Bertz CT molecular complexity index is 814. The number of nitrogens with one attached hydrogen (secondary N) is 1. The Morgan fingerprint density at radius 1 is 1.03 bits per heavy atom. The van der Waals surface area contributed by atoms with Crippen molar-refractivity contribution in [2.75, 3.05) is 0 Å². The summed E-state index contributed by atoms with van der Waals surface area (Å²) in [6.45, 7) is 15.8. The van der Waals surface area contributed by atoms with Crippen molar-refractivity contribution in [3.05, 3.63) is 34.9 Å². The van der Waals surface area contributed by atoms with E-state index in [9.17, 15) is 26.5 Å². The summed E-state index contributed by atoms with van der Waals surface area (Å²) < 4.78 is 89.3. The van der Waals surface area contributed by atoms with Gasteiger partial charge in [0, 0.05) is 23.0 Å². The highest BCUT2D eigenvalue weighted by molar-refractivity contribution is 7.90. The quantitative estimate of drug-likeness (QED) is 0.264. The minimum absolute atomic E-state index is 0.00608. The van der Waals surface area contributed by atoms with Gasteiger partial charge in [-0.1, -0.05) is 20.8 Å². The van der Waals surface area contributed by atoms with Gasteiger partial charge < -0.3 is 8.98 Å². The molecule has 1 aliphatic rings. The molecule has 1 aliphatic carbocycles. The molecule has 0 radical (unpaired) electrons. The van der Waals surface area contributed by atoms with Crippen LogP contribution in [-0.4, -0.2) is 23.7 Å². The SMILES string of the molecule is CC(C)(C)[S@+]([O-])N[C@@H](c1cc(F)c(C(F)(F)F)cc1F)[C@H]1C[C@@H](O[Si](C)(C)C(C)(C)C)C1. The molecule has 10 heteroatoms. The molecule has 184 valence electrons. The van der Waals surface area contributed by atoms with Crippen LogP contribution in [0, 0.1) is 17.6 Å². The van der Waals surface area contributed by atoms with Gasteiger partial charge in [-0.3, -0.25) is 0 Å². The van der Waals surface area contributed by atoms with E-state index in [2.05, 4.69) is 38.6 Å². The monoisotopic (exact) mass is 499 g/mol. The van der Waals surface area contributed by atoms with Crippen LogP contribution in [0.3, 0.4) is 0 Å². The van der Waals surface area contributed by atoms with Crippen LogP contribution in [0.15, 0.2) is 12.1 Å². The highest BCUT2D eigenvalue weighted by atomic mass is 32.2. The molecule has 32 heavy (non-hydrogen) atoms. The van der Waals surface area contributed by atoms with Crippen molar-refractivity contribution in [3.8, 4) is 0 Å². The normalized spacial score (nSPS) is 22.4. The van der Waals surface area contributed by atoms with Crippen LogP contribution in [0.1, 0.15) is 71.6 Å². The van der Waals surface area contributed by atoms with E-state index in [1.54, 1.807) is 20.8 Å². The van der Waals surface area contributed by atoms with E-state index >= 15 is 0 Å². The molecule has 0 aliphatic heterocycles. The molecule has 2 rings (SSSR count). The van der Waals surface area contributed by atoms with Gasteiger partial charge in [0.25, 0.3) is 0 Å². The Morgan fingerprint density at radius 2 is 1.56 bits per heavy atom. The van der Waals surface area contributed by atoms with E-state index in [1.807, 2.05) is 0 Å². The lowest BCUT2D eigenvalue weighted by atomic mass is 9.75. The zero-order chi connectivity index (χ0) is 24.9. The zero-order valence-electron chi connectivity index (χ0n) is 19.9. The summed E-state index contributed by atoms with van der Waals surface area (Å²) in [5.74, 6) is -2.96. The largest absolute Gasteiger partial charge is 0.598 e. The fourth-order valence-electron chi connectivity index (χ4n) is 3.29. The van der Waals surface area contributed by atoms with E-state index in [0.29, 0.717) is 18.9 Å². The van der Waals surface area contributed by atoms with Crippen LogP contribution in [0.4, 0.5) is 22.0 Å². The molecule has 1 N–H and O–H groups in total. The molecule has 0 unspecified atom stereocenters. The second-order valence-electron chi connectivity index (χ2n) is 11.1. The molecular weight excluding hydrogens is 465 g/mol. The molecule has 1 saturated carbocycles. The van der Waals surface area contributed by atoms with Crippen molar-refractivity contribution in [3.63, 3.8) is 0 Å². The highest BCUT2D eigenvalue weighted by Crippen LogP contribution is 2.46. The van der Waals surface area contributed by atoms with E-state index in [4.69, 9.17) is 4.43 Å². The lowest BCUT2D eigenvalue weighted by Crippen LogP contribution is -2.51. The van der Waals surface area contributed by atoms with E-state index in [-0.39, 0.29) is 28.7 Å². The minimum atomic E-state index is -5.00. The van der Waals surface area contributed by atoms with Crippen LogP contribution in [0.25, 0.3) is 0 Å². The van der Waals surface area contributed by atoms with Gasteiger partial charge in [0.2, 0.25) is 0 Å². The smallest absolute Gasteiger partial charge is 0.419 e. The van der Waals surface area contributed by atoms with Gasteiger partial charge in [-0.15, -0.1) is 4.72 Å².